The van der Waals surface area contributed by atoms with Crippen molar-refractivity contribution in [2.24, 2.45) is 5.92 Å². The molecule has 33 heavy (non-hydrogen) atoms. The van der Waals surface area contributed by atoms with E-state index in [1.165, 1.54) is 18.5 Å². The van der Waals surface area contributed by atoms with E-state index < -0.39 is 23.8 Å². The van der Waals surface area contributed by atoms with Crippen LogP contribution in [-0.4, -0.2) is 38.8 Å². The zero-order valence-electron chi connectivity index (χ0n) is 17.7. The lowest BCUT2D eigenvalue weighted by molar-refractivity contribution is -0.117. The summed E-state index contributed by atoms with van der Waals surface area (Å²) in [6.07, 6.45) is 2.28. The van der Waals surface area contributed by atoms with Crippen LogP contribution in [0.25, 0.3) is 0 Å². The Hall–Kier alpha value is -3.08. The van der Waals surface area contributed by atoms with Crippen molar-refractivity contribution in [3.05, 3.63) is 39.5 Å². The van der Waals surface area contributed by atoms with E-state index in [9.17, 15) is 23.2 Å². The second kappa shape index (κ2) is 9.42. The van der Waals surface area contributed by atoms with Crippen LogP contribution in [0.3, 0.4) is 0 Å². The van der Waals surface area contributed by atoms with Gasteiger partial charge in [-0.15, -0.1) is 0 Å². The number of pyridine rings is 1. The third-order valence-electron chi connectivity index (χ3n) is 5.52. The Kier molecular flexibility index (Phi) is 6.59. The van der Waals surface area contributed by atoms with E-state index in [1.54, 1.807) is 0 Å². The minimum Gasteiger partial charge on any atom is -0.351 e. The standard InChI is InChI=1S/C21H23ClF2N6O3/c22-13-9-14(28-15-10-16(27-11-26-15)29-18(31)12-3-4-12)20(33)30-8-2-6-21(23,24)5-1-7-25-19(32)17(13)30/h9-12H,1-8H2,(H,25,32)(H2,26,27,28,29,31). The minimum absolute atomic E-state index is 0.00216. The predicted molar refractivity (Wildman–Crippen MR) is 118 cm³/mol. The summed E-state index contributed by atoms with van der Waals surface area (Å²) in [4.78, 5) is 45.8. The summed E-state index contributed by atoms with van der Waals surface area (Å²) in [6.45, 7) is -0.0475. The van der Waals surface area contributed by atoms with Gasteiger partial charge in [0.05, 0.1) is 5.02 Å². The average molecular weight is 481 g/mol. The molecule has 0 unspecified atom stereocenters. The lowest BCUT2D eigenvalue weighted by Gasteiger charge is -2.17. The first-order valence-electron chi connectivity index (χ1n) is 10.7. The number of halogens is 3. The molecule has 0 atom stereocenters. The van der Waals surface area contributed by atoms with Crippen molar-refractivity contribution in [3.8, 4) is 0 Å². The highest BCUT2D eigenvalue weighted by atomic mass is 35.5. The Bertz CT molecular complexity index is 1140. The first-order chi connectivity index (χ1) is 15.7. The maximum atomic E-state index is 14.0. The molecule has 2 amide bonds. The summed E-state index contributed by atoms with van der Waals surface area (Å²) in [5.74, 6) is -3.12. The third kappa shape index (κ3) is 5.65. The molecule has 9 nitrogen and oxygen atoms in total. The second-order valence-corrected chi connectivity index (χ2v) is 8.61. The molecule has 1 aliphatic heterocycles. The molecule has 2 aromatic rings. The monoisotopic (exact) mass is 480 g/mol. The normalized spacial score (nSPS) is 18.5. The summed E-state index contributed by atoms with van der Waals surface area (Å²) >= 11 is 6.34. The molecular formula is C21H23ClF2N6O3. The fourth-order valence-electron chi connectivity index (χ4n) is 3.63. The molecular weight excluding hydrogens is 458 g/mol. The number of amides is 2. The maximum absolute atomic E-state index is 14.0. The Morgan fingerprint density at radius 2 is 1.88 bits per heavy atom. The second-order valence-electron chi connectivity index (χ2n) is 8.21. The molecule has 0 radical (unpaired) electrons. The van der Waals surface area contributed by atoms with Crippen molar-refractivity contribution in [3.63, 3.8) is 0 Å². The van der Waals surface area contributed by atoms with Crippen molar-refractivity contribution >= 4 is 40.7 Å². The van der Waals surface area contributed by atoms with Gasteiger partial charge in [0.1, 0.15) is 29.3 Å². The number of rotatable bonds is 4. The largest absolute Gasteiger partial charge is 0.351 e. The molecule has 12 heteroatoms. The van der Waals surface area contributed by atoms with Gasteiger partial charge in [-0.3, -0.25) is 14.4 Å². The smallest absolute Gasteiger partial charge is 0.274 e. The Balaban J connectivity index is 1.62. The van der Waals surface area contributed by atoms with E-state index in [4.69, 9.17) is 11.6 Å². The molecule has 0 bridgehead atoms. The molecule has 1 saturated carbocycles. The number of fused-ring (bicyclic) bond motifs is 1. The van der Waals surface area contributed by atoms with Crippen molar-refractivity contribution in [1.29, 1.82) is 0 Å². The first kappa shape index (κ1) is 23.1. The summed E-state index contributed by atoms with van der Waals surface area (Å²) in [7, 11) is 0. The Morgan fingerprint density at radius 3 is 2.64 bits per heavy atom. The first-order valence-corrected chi connectivity index (χ1v) is 11.1. The van der Waals surface area contributed by atoms with Gasteiger partial charge in [0, 0.05) is 37.9 Å². The lowest BCUT2D eigenvalue weighted by atomic mass is 10.1. The van der Waals surface area contributed by atoms with Gasteiger partial charge in [0.15, 0.2) is 0 Å². The molecule has 0 aromatic carbocycles. The molecule has 2 aromatic heterocycles. The van der Waals surface area contributed by atoms with E-state index in [-0.39, 0.29) is 72.2 Å². The number of nitrogens with zero attached hydrogens (tertiary/aromatic N) is 3. The van der Waals surface area contributed by atoms with Gasteiger partial charge >= 0.3 is 0 Å². The van der Waals surface area contributed by atoms with Gasteiger partial charge in [0.2, 0.25) is 11.8 Å². The van der Waals surface area contributed by atoms with Gasteiger partial charge in [-0.25, -0.2) is 18.7 Å². The summed E-state index contributed by atoms with van der Waals surface area (Å²) in [5, 5.41) is 8.07. The highest BCUT2D eigenvalue weighted by Gasteiger charge is 2.30. The Morgan fingerprint density at radius 1 is 1.15 bits per heavy atom. The van der Waals surface area contributed by atoms with E-state index in [1.807, 2.05) is 0 Å². The molecule has 3 N–H and O–H groups in total. The number of anilines is 3. The summed E-state index contributed by atoms with van der Waals surface area (Å²) < 4.78 is 29.1. The third-order valence-corrected chi connectivity index (χ3v) is 5.80. The highest BCUT2D eigenvalue weighted by molar-refractivity contribution is 6.33. The maximum Gasteiger partial charge on any atom is 0.274 e. The fraction of sp³-hybridized carbons (Fsp3) is 0.476. The topological polar surface area (TPSA) is 118 Å². The zero-order chi connectivity index (χ0) is 23.6. The van der Waals surface area contributed by atoms with Gasteiger partial charge in [-0.2, -0.15) is 0 Å². The zero-order valence-corrected chi connectivity index (χ0v) is 18.4. The van der Waals surface area contributed by atoms with Crippen LogP contribution in [0.15, 0.2) is 23.3 Å². The van der Waals surface area contributed by atoms with Crippen LogP contribution in [0.1, 0.15) is 49.0 Å². The number of nitrogens with one attached hydrogen (secondary N) is 3. The lowest BCUT2D eigenvalue weighted by Crippen LogP contribution is -2.34. The molecule has 3 heterocycles. The SMILES string of the molecule is O=C1NCCCC(F)(F)CCCn2c1c(Cl)cc(Nc1cc(NC(=O)C3CC3)ncn1)c2=O. The van der Waals surface area contributed by atoms with Gasteiger partial charge in [-0.1, -0.05) is 11.6 Å². The minimum atomic E-state index is -2.87. The quantitative estimate of drug-likeness (QED) is 0.618. The van der Waals surface area contributed by atoms with E-state index in [0.717, 1.165) is 17.4 Å². The van der Waals surface area contributed by atoms with Crippen LogP contribution >= 0.6 is 11.6 Å². The number of alkyl halides is 2. The molecule has 2 aliphatic rings. The van der Waals surface area contributed by atoms with Crippen molar-refractivity contribution < 1.29 is 18.4 Å². The number of aromatic nitrogens is 3. The predicted octanol–water partition coefficient (Wildman–Crippen LogP) is 3.32. The van der Waals surface area contributed by atoms with Gasteiger partial charge in [0.25, 0.3) is 11.5 Å². The van der Waals surface area contributed by atoms with Crippen LogP contribution < -0.4 is 21.5 Å². The van der Waals surface area contributed by atoms with Crippen molar-refractivity contribution in [1.82, 2.24) is 19.9 Å². The number of hydrogen-bond donors (Lipinski definition) is 3. The molecule has 1 aliphatic carbocycles. The summed E-state index contributed by atoms with van der Waals surface area (Å²) in [6, 6.07) is 2.76. The van der Waals surface area contributed by atoms with E-state index in [2.05, 4.69) is 25.9 Å². The van der Waals surface area contributed by atoms with Crippen LogP contribution in [0.5, 0.6) is 0 Å². The molecule has 4 rings (SSSR count). The van der Waals surface area contributed by atoms with Crippen LogP contribution in [0.2, 0.25) is 5.02 Å². The molecule has 0 spiro atoms. The number of hydrogen-bond acceptors (Lipinski definition) is 6. The molecule has 0 saturated heterocycles. The Labute approximate surface area is 192 Å². The molecule has 1 fully saturated rings. The van der Waals surface area contributed by atoms with Crippen molar-refractivity contribution in [2.45, 2.75) is 51.0 Å². The summed E-state index contributed by atoms with van der Waals surface area (Å²) in [5.41, 5.74) is -0.664. The number of carbonyl (C=O) groups is 2. The van der Waals surface area contributed by atoms with Crippen molar-refractivity contribution in [2.75, 3.05) is 17.2 Å². The average Bonchev–Trinajstić information content (AvgIpc) is 3.59. The van der Waals surface area contributed by atoms with Crippen LogP contribution in [0.4, 0.5) is 26.1 Å². The van der Waals surface area contributed by atoms with E-state index >= 15 is 0 Å². The highest BCUT2D eigenvalue weighted by Crippen LogP contribution is 2.30. The van der Waals surface area contributed by atoms with E-state index in [0.29, 0.717) is 0 Å². The van der Waals surface area contributed by atoms with Crippen LogP contribution in [0, 0.1) is 5.92 Å². The fourth-order valence-corrected chi connectivity index (χ4v) is 3.92. The van der Waals surface area contributed by atoms with Gasteiger partial charge in [-0.05, 0) is 31.7 Å². The number of carbonyl (C=O) groups excluding carboxylic acids is 2. The molecule has 176 valence electrons. The van der Waals surface area contributed by atoms with Gasteiger partial charge < -0.3 is 20.5 Å². The van der Waals surface area contributed by atoms with Crippen LogP contribution in [-0.2, 0) is 11.3 Å².